The van der Waals surface area contributed by atoms with E-state index in [1.54, 1.807) is 37.3 Å². The molecule has 186 valence electrons. The van der Waals surface area contributed by atoms with Gasteiger partial charge in [-0.15, -0.1) is 0 Å². The maximum Gasteiger partial charge on any atom is 0.229 e. The van der Waals surface area contributed by atoms with Gasteiger partial charge in [0, 0.05) is 52.0 Å². The lowest BCUT2D eigenvalue weighted by Crippen LogP contribution is -2.33. The first kappa shape index (κ1) is 23.9. The summed E-state index contributed by atoms with van der Waals surface area (Å²) in [6.45, 7) is 11.0. The van der Waals surface area contributed by atoms with E-state index >= 15 is 0 Å². The topological polar surface area (TPSA) is 138 Å². The Hall–Kier alpha value is -4.86. The number of hydrogen-bond acceptors (Lipinski definition) is 7. The van der Waals surface area contributed by atoms with Crippen molar-refractivity contribution in [3.8, 4) is 22.6 Å². The molecule has 1 amide bonds. The van der Waals surface area contributed by atoms with Crippen LogP contribution in [0.25, 0.3) is 50.3 Å². The van der Waals surface area contributed by atoms with E-state index in [1.807, 2.05) is 45.9 Å². The third-order valence-electron chi connectivity index (χ3n) is 5.80. The first-order valence-corrected chi connectivity index (χ1v) is 11.6. The molecule has 0 aliphatic carbocycles. The van der Waals surface area contributed by atoms with Gasteiger partial charge in [-0.25, -0.2) is 9.97 Å². The molecule has 3 N–H and O–H groups in total. The van der Waals surface area contributed by atoms with Crippen molar-refractivity contribution < 1.29 is 9.21 Å². The van der Waals surface area contributed by atoms with Gasteiger partial charge in [-0.2, -0.15) is 5.10 Å². The molecule has 0 radical (unpaired) electrons. The van der Waals surface area contributed by atoms with Crippen LogP contribution in [0.3, 0.4) is 0 Å². The third kappa shape index (κ3) is 4.68. The van der Waals surface area contributed by atoms with Crippen LogP contribution >= 0.6 is 0 Å². The van der Waals surface area contributed by atoms with E-state index in [1.165, 1.54) is 0 Å². The molecule has 0 unspecified atom stereocenters. The quantitative estimate of drug-likeness (QED) is 0.217. The molecule has 0 aliphatic rings. The van der Waals surface area contributed by atoms with E-state index < -0.39 is 5.41 Å². The summed E-state index contributed by atoms with van der Waals surface area (Å²) in [6, 6.07) is 3.82. The van der Waals surface area contributed by atoms with Crippen molar-refractivity contribution in [2.24, 2.45) is 10.4 Å². The van der Waals surface area contributed by atoms with Crippen LogP contribution in [0.1, 0.15) is 33.3 Å². The molecule has 5 aromatic rings. The molecule has 5 rings (SSSR count). The highest BCUT2D eigenvalue weighted by molar-refractivity contribution is 5.96. The van der Waals surface area contributed by atoms with Crippen LogP contribution in [-0.4, -0.2) is 42.8 Å². The largest absolute Gasteiger partial charge is 0.472 e. The van der Waals surface area contributed by atoms with Gasteiger partial charge < -0.3 is 14.7 Å². The van der Waals surface area contributed by atoms with Crippen LogP contribution in [0.4, 0.5) is 0 Å². The summed E-state index contributed by atoms with van der Waals surface area (Å²) in [5, 5.41) is 11.1. The standard InChI is InChI=1S/C27H26N8O2/c1-15(31-26(36)27(2,3)4)8-17(10-28-5)18-9-19-23(34-35-24(19)30-11-18)25-32-21-13-29-12-20(22(21)33-25)16-6-7-37-14-16/h6-14H,5H2,1-4H3,(H,31,36)(H,32,33)(H,30,34,35)/b15-8+,17-10+. The maximum absolute atomic E-state index is 12.4. The van der Waals surface area contributed by atoms with E-state index in [4.69, 9.17) is 9.40 Å². The lowest BCUT2D eigenvalue weighted by atomic mass is 9.95. The summed E-state index contributed by atoms with van der Waals surface area (Å²) in [7, 11) is 0. The molecule has 37 heavy (non-hydrogen) atoms. The number of rotatable bonds is 6. The second kappa shape index (κ2) is 9.30. The molecular formula is C27H26N8O2. The van der Waals surface area contributed by atoms with Gasteiger partial charge in [0.2, 0.25) is 5.91 Å². The molecule has 0 fully saturated rings. The average Bonchev–Trinajstić information content (AvgIpc) is 3.61. The van der Waals surface area contributed by atoms with Crippen LogP contribution in [0, 0.1) is 5.41 Å². The number of nitrogens with one attached hydrogen (secondary N) is 3. The van der Waals surface area contributed by atoms with Gasteiger partial charge in [-0.1, -0.05) is 20.8 Å². The lowest BCUT2D eigenvalue weighted by molar-refractivity contribution is -0.127. The number of amides is 1. The Morgan fingerprint density at radius 2 is 2.08 bits per heavy atom. The second-order valence-corrected chi connectivity index (χ2v) is 9.67. The maximum atomic E-state index is 12.4. The predicted molar refractivity (Wildman–Crippen MR) is 143 cm³/mol. The highest BCUT2D eigenvalue weighted by Crippen LogP contribution is 2.31. The van der Waals surface area contributed by atoms with Crippen molar-refractivity contribution in [2.75, 3.05) is 0 Å². The Labute approximate surface area is 212 Å². The summed E-state index contributed by atoms with van der Waals surface area (Å²) < 4.78 is 5.24. The summed E-state index contributed by atoms with van der Waals surface area (Å²) in [5.74, 6) is 0.526. The van der Waals surface area contributed by atoms with E-state index in [9.17, 15) is 4.79 Å². The van der Waals surface area contributed by atoms with Gasteiger partial charge in [-0.3, -0.25) is 19.9 Å². The minimum absolute atomic E-state index is 0.0768. The number of aromatic amines is 2. The number of hydrogen-bond donors (Lipinski definition) is 3. The Kier molecular flexibility index (Phi) is 6.00. The van der Waals surface area contributed by atoms with Gasteiger partial charge in [0.15, 0.2) is 11.5 Å². The number of nitrogens with zero attached hydrogens (tertiary/aromatic N) is 5. The number of pyridine rings is 2. The van der Waals surface area contributed by atoms with Crippen molar-refractivity contribution >= 4 is 40.3 Å². The van der Waals surface area contributed by atoms with E-state index in [0.717, 1.165) is 38.7 Å². The number of aromatic nitrogens is 6. The van der Waals surface area contributed by atoms with Gasteiger partial charge in [-0.05, 0) is 31.9 Å². The summed E-state index contributed by atoms with van der Waals surface area (Å²) >= 11 is 0. The highest BCUT2D eigenvalue weighted by Gasteiger charge is 2.21. The number of carbonyl (C=O) groups is 1. The fraction of sp³-hybridized carbons (Fsp3) is 0.185. The molecule has 10 nitrogen and oxygen atoms in total. The monoisotopic (exact) mass is 494 g/mol. The molecule has 0 aromatic carbocycles. The number of imidazole rings is 1. The number of aliphatic imine (C=N–C) groups is 1. The van der Waals surface area contributed by atoms with Gasteiger partial charge in [0.25, 0.3) is 0 Å². The van der Waals surface area contributed by atoms with Crippen molar-refractivity contribution in [3.63, 3.8) is 0 Å². The fourth-order valence-electron chi connectivity index (χ4n) is 3.85. The first-order valence-electron chi connectivity index (χ1n) is 11.6. The first-order chi connectivity index (χ1) is 17.7. The highest BCUT2D eigenvalue weighted by atomic mass is 16.3. The molecule has 0 saturated carbocycles. The van der Waals surface area contributed by atoms with E-state index in [2.05, 4.69) is 42.2 Å². The van der Waals surface area contributed by atoms with Crippen molar-refractivity contribution in [1.82, 2.24) is 35.5 Å². The predicted octanol–water partition coefficient (Wildman–Crippen LogP) is 5.26. The minimum Gasteiger partial charge on any atom is -0.472 e. The Morgan fingerprint density at radius 3 is 2.81 bits per heavy atom. The number of fused-ring (bicyclic) bond motifs is 2. The molecule has 0 atom stereocenters. The molecular weight excluding hydrogens is 468 g/mol. The average molecular weight is 495 g/mol. The van der Waals surface area contributed by atoms with E-state index in [0.29, 0.717) is 22.9 Å². The number of carbonyl (C=O) groups excluding carboxylic acids is 1. The number of H-pyrrole nitrogens is 2. The van der Waals surface area contributed by atoms with E-state index in [-0.39, 0.29) is 5.91 Å². The lowest BCUT2D eigenvalue weighted by Gasteiger charge is -2.18. The van der Waals surface area contributed by atoms with Gasteiger partial charge in [0.05, 0.1) is 29.6 Å². The number of allylic oxidation sites excluding steroid dienone is 3. The smallest absolute Gasteiger partial charge is 0.229 e. The Balaban J connectivity index is 1.55. The Bertz CT molecular complexity index is 1680. The molecule has 10 heteroatoms. The summed E-state index contributed by atoms with van der Waals surface area (Å²) in [4.78, 5) is 33.4. The minimum atomic E-state index is -0.512. The van der Waals surface area contributed by atoms with Crippen LogP contribution in [-0.2, 0) is 4.79 Å². The zero-order valence-electron chi connectivity index (χ0n) is 21.0. The van der Waals surface area contributed by atoms with Crippen LogP contribution < -0.4 is 5.32 Å². The summed E-state index contributed by atoms with van der Waals surface area (Å²) in [6.07, 6.45) is 11.9. The SMILES string of the molecule is C=N/C=C(\C=C(/C)NC(=O)C(C)(C)C)c1cnc2n[nH]c(-c3nc4c(-c5ccoc5)cncc4[nH]3)c2c1. The van der Waals surface area contributed by atoms with Gasteiger partial charge in [0.1, 0.15) is 11.2 Å². The Morgan fingerprint density at radius 1 is 1.24 bits per heavy atom. The molecule has 0 saturated heterocycles. The third-order valence-corrected chi connectivity index (χ3v) is 5.80. The molecule has 5 heterocycles. The molecule has 0 spiro atoms. The van der Waals surface area contributed by atoms with Crippen LogP contribution in [0.15, 0.2) is 70.6 Å². The van der Waals surface area contributed by atoms with Crippen molar-refractivity contribution in [3.05, 3.63) is 66.8 Å². The van der Waals surface area contributed by atoms with Crippen molar-refractivity contribution in [1.29, 1.82) is 0 Å². The number of furan rings is 1. The zero-order chi connectivity index (χ0) is 26.2. The van der Waals surface area contributed by atoms with Crippen LogP contribution in [0.2, 0.25) is 0 Å². The molecule has 0 bridgehead atoms. The zero-order valence-corrected chi connectivity index (χ0v) is 21.0. The van der Waals surface area contributed by atoms with Crippen LogP contribution in [0.5, 0.6) is 0 Å². The van der Waals surface area contributed by atoms with Gasteiger partial charge >= 0.3 is 0 Å². The normalized spacial score (nSPS) is 12.9. The fourth-order valence-corrected chi connectivity index (χ4v) is 3.85. The van der Waals surface area contributed by atoms with Crippen molar-refractivity contribution in [2.45, 2.75) is 27.7 Å². The molecule has 5 aromatic heterocycles. The second-order valence-electron chi connectivity index (χ2n) is 9.67. The molecule has 0 aliphatic heterocycles. The summed E-state index contributed by atoms with van der Waals surface area (Å²) in [5.41, 5.74) is 6.21.